The largest absolute Gasteiger partial charge is 0.503 e. The average molecular weight is 444 g/mol. The first kappa shape index (κ1) is 23.7. The molecule has 1 aromatic carbocycles. The minimum atomic E-state index is -0.714. The van der Waals surface area contributed by atoms with Crippen molar-refractivity contribution in [1.29, 1.82) is 0 Å². The highest BCUT2D eigenvalue weighted by atomic mass is 19.1. The number of benzene rings is 1. The van der Waals surface area contributed by atoms with Crippen molar-refractivity contribution in [3.8, 4) is 11.5 Å². The van der Waals surface area contributed by atoms with E-state index in [9.17, 15) is 19.1 Å². The van der Waals surface area contributed by atoms with Crippen LogP contribution in [0.3, 0.4) is 0 Å². The smallest absolute Gasteiger partial charge is 0.309 e. The number of rotatable bonds is 9. The van der Waals surface area contributed by atoms with Gasteiger partial charge in [-0.05, 0) is 55.9 Å². The number of halogens is 1. The normalized spacial score (nSPS) is 16.5. The molecular formula is C25H30FNO5. The van der Waals surface area contributed by atoms with Gasteiger partial charge in [0.2, 0.25) is 0 Å². The van der Waals surface area contributed by atoms with Crippen LogP contribution in [-0.4, -0.2) is 35.1 Å². The van der Waals surface area contributed by atoms with E-state index in [0.717, 1.165) is 30.4 Å². The summed E-state index contributed by atoms with van der Waals surface area (Å²) in [6, 6.07) is 6.17. The minimum Gasteiger partial charge on any atom is -0.503 e. The van der Waals surface area contributed by atoms with E-state index in [2.05, 4.69) is 4.98 Å². The number of Topliss-reactive ketones (excluding diaryl/α,β-unsaturated/α-hetero) is 1. The Hall–Kier alpha value is -2.96. The van der Waals surface area contributed by atoms with Crippen LogP contribution in [0.25, 0.3) is 0 Å². The molecule has 0 radical (unpaired) electrons. The van der Waals surface area contributed by atoms with Gasteiger partial charge in [-0.1, -0.05) is 19.4 Å². The molecule has 0 amide bonds. The van der Waals surface area contributed by atoms with Crippen LogP contribution in [0.15, 0.2) is 30.5 Å². The molecule has 1 aliphatic carbocycles. The predicted molar refractivity (Wildman–Crippen MR) is 117 cm³/mol. The van der Waals surface area contributed by atoms with Gasteiger partial charge < -0.3 is 14.6 Å². The SMILES string of the molecule is COc1ccnc(C(=O)C[C@@H](C)C(=O)O[C@@H](C)[C@H](c2ccc(F)cc2C)C2CCC2)c1O. The lowest BCUT2D eigenvalue weighted by Gasteiger charge is -2.38. The fourth-order valence-corrected chi connectivity index (χ4v) is 4.34. The molecule has 2 aromatic rings. The number of ketones is 1. The molecule has 7 heteroatoms. The van der Waals surface area contributed by atoms with Gasteiger partial charge in [-0.25, -0.2) is 9.37 Å². The minimum absolute atomic E-state index is 0.0275. The maximum Gasteiger partial charge on any atom is 0.309 e. The Morgan fingerprint density at radius 3 is 2.56 bits per heavy atom. The summed E-state index contributed by atoms with van der Waals surface area (Å²) in [5.41, 5.74) is 1.70. The average Bonchev–Trinajstić information content (AvgIpc) is 2.71. The summed E-state index contributed by atoms with van der Waals surface area (Å²) in [6.45, 7) is 5.34. The number of methoxy groups -OCH3 is 1. The molecule has 1 aliphatic rings. The number of aromatic hydroxyl groups is 1. The molecule has 1 aromatic heterocycles. The topological polar surface area (TPSA) is 85.7 Å². The van der Waals surface area contributed by atoms with Crippen LogP contribution < -0.4 is 4.74 Å². The van der Waals surface area contributed by atoms with E-state index in [1.54, 1.807) is 13.0 Å². The van der Waals surface area contributed by atoms with Crippen LogP contribution in [-0.2, 0) is 9.53 Å². The number of nitrogens with zero attached hydrogens (tertiary/aromatic N) is 1. The van der Waals surface area contributed by atoms with Gasteiger partial charge in [0.05, 0.1) is 13.0 Å². The van der Waals surface area contributed by atoms with Crippen LogP contribution >= 0.6 is 0 Å². The number of pyridine rings is 1. The quantitative estimate of drug-likeness (QED) is 0.435. The number of carbonyl (C=O) groups excluding carboxylic acids is 2. The molecule has 3 rings (SSSR count). The van der Waals surface area contributed by atoms with Crippen LogP contribution in [0, 0.1) is 24.6 Å². The zero-order chi connectivity index (χ0) is 23.4. The zero-order valence-corrected chi connectivity index (χ0v) is 18.9. The molecule has 0 bridgehead atoms. The number of carbonyl (C=O) groups is 2. The maximum absolute atomic E-state index is 13.6. The second-order valence-corrected chi connectivity index (χ2v) is 8.60. The Bertz CT molecular complexity index is 988. The standard InChI is InChI=1S/C25H30FNO5/c1-14-12-18(26)8-9-19(14)22(17-6-5-7-17)16(3)32-25(30)15(2)13-20(28)23-24(29)21(31-4)10-11-27-23/h8-12,15-17,22,29H,5-7,13H2,1-4H3/t15-,16+,22+/m1/s1. The molecule has 3 atom stereocenters. The van der Waals surface area contributed by atoms with E-state index in [-0.39, 0.29) is 35.3 Å². The van der Waals surface area contributed by atoms with Crippen molar-refractivity contribution in [3.05, 3.63) is 53.1 Å². The third kappa shape index (κ3) is 5.09. The van der Waals surface area contributed by atoms with E-state index in [0.29, 0.717) is 5.92 Å². The fraction of sp³-hybridized carbons (Fsp3) is 0.480. The molecule has 0 spiro atoms. The first-order chi connectivity index (χ1) is 15.2. The number of ether oxygens (including phenoxy) is 2. The summed E-state index contributed by atoms with van der Waals surface area (Å²) >= 11 is 0. The van der Waals surface area contributed by atoms with Crippen LogP contribution in [0.1, 0.15) is 67.1 Å². The Morgan fingerprint density at radius 1 is 1.25 bits per heavy atom. The van der Waals surface area contributed by atoms with Crippen molar-refractivity contribution in [3.63, 3.8) is 0 Å². The molecule has 0 unspecified atom stereocenters. The summed E-state index contributed by atoms with van der Waals surface area (Å²) in [4.78, 5) is 29.3. The number of aromatic nitrogens is 1. The molecule has 172 valence electrons. The fourth-order valence-electron chi connectivity index (χ4n) is 4.34. The Morgan fingerprint density at radius 2 is 1.97 bits per heavy atom. The van der Waals surface area contributed by atoms with Gasteiger partial charge in [0.25, 0.3) is 0 Å². The summed E-state index contributed by atoms with van der Waals surface area (Å²) in [5, 5.41) is 10.1. The van der Waals surface area contributed by atoms with Gasteiger partial charge in [-0.15, -0.1) is 0 Å². The van der Waals surface area contributed by atoms with E-state index in [1.165, 1.54) is 31.5 Å². The molecule has 1 saturated carbocycles. The summed E-state index contributed by atoms with van der Waals surface area (Å²) < 4.78 is 24.4. The van der Waals surface area contributed by atoms with Crippen molar-refractivity contribution in [2.75, 3.05) is 7.11 Å². The number of hydrogen-bond donors (Lipinski definition) is 1. The first-order valence-corrected chi connectivity index (χ1v) is 10.9. The third-order valence-electron chi connectivity index (χ3n) is 6.32. The third-order valence-corrected chi connectivity index (χ3v) is 6.32. The molecule has 0 saturated heterocycles. The summed E-state index contributed by atoms with van der Waals surface area (Å²) in [5.74, 6) is -1.81. The van der Waals surface area contributed by atoms with Crippen molar-refractivity contribution in [1.82, 2.24) is 4.98 Å². The monoisotopic (exact) mass is 443 g/mol. The molecule has 6 nitrogen and oxygen atoms in total. The van der Waals surface area contributed by atoms with Crippen molar-refractivity contribution in [2.24, 2.45) is 11.8 Å². The first-order valence-electron chi connectivity index (χ1n) is 10.9. The Balaban J connectivity index is 1.69. The second kappa shape index (κ2) is 10.1. The number of hydrogen-bond acceptors (Lipinski definition) is 6. The lowest BCUT2D eigenvalue weighted by molar-refractivity contribution is -0.154. The highest BCUT2D eigenvalue weighted by Gasteiger charge is 2.36. The molecule has 0 aliphatic heterocycles. The molecule has 1 heterocycles. The van der Waals surface area contributed by atoms with Crippen molar-refractivity contribution >= 4 is 11.8 Å². The lowest BCUT2D eigenvalue weighted by atomic mass is 9.70. The highest BCUT2D eigenvalue weighted by Crippen LogP contribution is 2.43. The Labute approximate surface area is 187 Å². The van der Waals surface area contributed by atoms with Gasteiger partial charge in [0.15, 0.2) is 23.0 Å². The molecule has 1 fully saturated rings. The van der Waals surface area contributed by atoms with E-state index in [4.69, 9.17) is 9.47 Å². The van der Waals surface area contributed by atoms with Gasteiger partial charge in [-0.2, -0.15) is 0 Å². The molecule has 1 N–H and O–H groups in total. The van der Waals surface area contributed by atoms with Gasteiger partial charge in [0, 0.05) is 24.6 Å². The summed E-state index contributed by atoms with van der Waals surface area (Å²) in [6.07, 6.45) is 4.01. The van der Waals surface area contributed by atoms with Gasteiger partial charge in [-0.3, -0.25) is 9.59 Å². The van der Waals surface area contributed by atoms with Crippen LogP contribution in [0.2, 0.25) is 0 Å². The predicted octanol–water partition coefficient (Wildman–Crippen LogP) is 4.97. The Kier molecular flexibility index (Phi) is 7.48. The zero-order valence-electron chi connectivity index (χ0n) is 18.9. The highest BCUT2D eigenvalue weighted by molar-refractivity contribution is 5.99. The van der Waals surface area contributed by atoms with E-state index in [1.807, 2.05) is 13.8 Å². The lowest BCUT2D eigenvalue weighted by Crippen LogP contribution is -2.34. The maximum atomic E-state index is 13.6. The molecular weight excluding hydrogens is 413 g/mol. The number of esters is 1. The van der Waals surface area contributed by atoms with Crippen molar-refractivity contribution in [2.45, 2.75) is 58.5 Å². The van der Waals surface area contributed by atoms with E-state index >= 15 is 0 Å². The second-order valence-electron chi connectivity index (χ2n) is 8.60. The molecule has 32 heavy (non-hydrogen) atoms. The van der Waals surface area contributed by atoms with Crippen LogP contribution in [0.4, 0.5) is 4.39 Å². The van der Waals surface area contributed by atoms with Crippen LogP contribution in [0.5, 0.6) is 11.5 Å². The van der Waals surface area contributed by atoms with Gasteiger partial charge in [0.1, 0.15) is 11.9 Å². The van der Waals surface area contributed by atoms with Crippen molar-refractivity contribution < 1.29 is 28.6 Å². The van der Waals surface area contributed by atoms with Gasteiger partial charge >= 0.3 is 5.97 Å². The van der Waals surface area contributed by atoms with E-state index < -0.39 is 23.8 Å². The number of aryl methyl sites for hydroxylation is 1. The summed E-state index contributed by atoms with van der Waals surface area (Å²) in [7, 11) is 1.38.